The molecule has 0 spiro atoms. The van der Waals surface area contributed by atoms with Crippen molar-refractivity contribution in [3.8, 4) is 0 Å². The summed E-state index contributed by atoms with van der Waals surface area (Å²) in [7, 11) is 0. The summed E-state index contributed by atoms with van der Waals surface area (Å²) in [6.07, 6.45) is 1.86. The van der Waals surface area contributed by atoms with Crippen molar-refractivity contribution in [1.82, 2.24) is 10.6 Å². The third-order valence-electron chi connectivity index (χ3n) is 4.28. The number of nitrogens with one attached hydrogen (secondary N) is 2. The number of carbonyl (C=O) groups excluding carboxylic acids is 1. The highest BCUT2D eigenvalue weighted by Crippen LogP contribution is 2.31. The normalized spacial score (nSPS) is 23.5. The van der Waals surface area contributed by atoms with E-state index in [9.17, 15) is 4.79 Å². The largest absolute Gasteiger partial charge is 0.355 e. The van der Waals surface area contributed by atoms with Crippen molar-refractivity contribution in [1.29, 1.82) is 0 Å². The molecule has 4 heteroatoms. The maximum absolute atomic E-state index is 12.5. The van der Waals surface area contributed by atoms with Crippen molar-refractivity contribution in [3.63, 3.8) is 0 Å². The third kappa shape index (κ3) is 3.00. The molecule has 0 saturated carbocycles. The van der Waals surface area contributed by atoms with Gasteiger partial charge in [-0.05, 0) is 30.8 Å². The van der Waals surface area contributed by atoms with Gasteiger partial charge in [-0.3, -0.25) is 4.79 Å². The minimum Gasteiger partial charge on any atom is -0.355 e. The van der Waals surface area contributed by atoms with Crippen LogP contribution < -0.4 is 10.6 Å². The standard InChI is InChI=1S/C15H24N2OS/c1-4-15(7-8-16-11-15)13(18)17-10-14(2,3)12-6-5-9-19-12/h5-6,9,16H,4,7-8,10-11H2,1-3H3,(H,17,18). The smallest absolute Gasteiger partial charge is 0.227 e. The molecule has 3 nitrogen and oxygen atoms in total. The molecule has 19 heavy (non-hydrogen) atoms. The van der Waals surface area contributed by atoms with E-state index in [1.165, 1.54) is 4.88 Å². The molecular weight excluding hydrogens is 256 g/mol. The first-order chi connectivity index (χ1) is 9.00. The van der Waals surface area contributed by atoms with E-state index in [0.717, 1.165) is 25.9 Å². The van der Waals surface area contributed by atoms with Crippen molar-refractivity contribution in [2.75, 3.05) is 19.6 Å². The molecule has 1 aromatic rings. The summed E-state index contributed by atoms with van der Waals surface area (Å²) in [5.74, 6) is 0.213. The van der Waals surface area contributed by atoms with E-state index >= 15 is 0 Å². The van der Waals surface area contributed by atoms with Crippen LogP contribution in [0, 0.1) is 5.41 Å². The Kier molecular flexibility index (Phi) is 4.31. The van der Waals surface area contributed by atoms with E-state index in [1.807, 2.05) is 0 Å². The van der Waals surface area contributed by atoms with Gasteiger partial charge in [-0.1, -0.05) is 26.8 Å². The van der Waals surface area contributed by atoms with Crippen LogP contribution in [0.1, 0.15) is 38.5 Å². The molecule has 1 unspecified atom stereocenters. The lowest BCUT2D eigenvalue weighted by atomic mass is 9.82. The van der Waals surface area contributed by atoms with Gasteiger partial charge in [0.15, 0.2) is 0 Å². The molecule has 2 heterocycles. The summed E-state index contributed by atoms with van der Waals surface area (Å²) < 4.78 is 0. The highest BCUT2D eigenvalue weighted by atomic mass is 32.1. The van der Waals surface area contributed by atoms with Gasteiger partial charge < -0.3 is 10.6 Å². The van der Waals surface area contributed by atoms with Gasteiger partial charge in [0.2, 0.25) is 5.91 Å². The molecule has 1 aliphatic heterocycles. The summed E-state index contributed by atoms with van der Waals surface area (Å²) in [5.41, 5.74) is -0.184. The molecule has 0 bridgehead atoms. The Labute approximate surface area is 119 Å². The van der Waals surface area contributed by atoms with Crippen LogP contribution in [0.5, 0.6) is 0 Å². The molecule has 106 valence electrons. The van der Waals surface area contributed by atoms with Crippen molar-refractivity contribution in [2.45, 2.75) is 39.0 Å². The zero-order valence-electron chi connectivity index (χ0n) is 12.1. The molecule has 2 N–H and O–H groups in total. The maximum Gasteiger partial charge on any atom is 0.227 e. The molecule has 1 fully saturated rings. The van der Waals surface area contributed by atoms with Crippen LogP contribution in [0.2, 0.25) is 0 Å². The monoisotopic (exact) mass is 280 g/mol. The Hall–Kier alpha value is -0.870. The second-order valence-electron chi connectivity index (χ2n) is 6.10. The van der Waals surface area contributed by atoms with Gasteiger partial charge in [-0.25, -0.2) is 0 Å². The lowest BCUT2D eigenvalue weighted by Crippen LogP contribution is -2.46. The lowest BCUT2D eigenvalue weighted by molar-refractivity contribution is -0.130. The first-order valence-corrected chi connectivity index (χ1v) is 7.91. The van der Waals surface area contributed by atoms with Gasteiger partial charge in [-0.2, -0.15) is 0 Å². The van der Waals surface area contributed by atoms with E-state index < -0.39 is 0 Å². The Bertz CT molecular complexity index is 419. The van der Waals surface area contributed by atoms with Crippen LogP contribution in [0.3, 0.4) is 0 Å². The molecule has 0 radical (unpaired) electrons. The molecule has 0 aliphatic carbocycles. The Balaban J connectivity index is 1.97. The van der Waals surface area contributed by atoms with Gasteiger partial charge in [0.1, 0.15) is 0 Å². The summed E-state index contributed by atoms with van der Waals surface area (Å²) in [4.78, 5) is 13.8. The second-order valence-corrected chi connectivity index (χ2v) is 7.05. The summed E-state index contributed by atoms with van der Waals surface area (Å²) in [5, 5.41) is 8.57. The maximum atomic E-state index is 12.5. The van der Waals surface area contributed by atoms with Gasteiger partial charge in [-0.15, -0.1) is 11.3 Å². The number of rotatable bonds is 5. The van der Waals surface area contributed by atoms with E-state index in [2.05, 4.69) is 48.9 Å². The highest BCUT2D eigenvalue weighted by molar-refractivity contribution is 7.10. The fourth-order valence-electron chi connectivity index (χ4n) is 2.64. The second kappa shape index (κ2) is 5.63. The number of hydrogen-bond acceptors (Lipinski definition) is 3. The molecule has 1 aliphatic rings. The minimum absolute atomic E-state index is 0.00475. The van der Waals surface area contributed by atoms with Gasteiger partial charge >= 0.3 is 0 Å². The van der Waals surface area contributed by atoms with Crippen LogP contribution in [0.15, 0.2) is 17.5 Å². The molecule has 0 aromatic carbocycles. The number of amides is 1. The molecular formula is C15H24N2OS. The average Bonchev–Trinajstić information content (AvgIpc) is 3.07. The van der Waals surface area contributed by atoms with E-state index in [4.69, 9.17) is 0 Å². The average molecular weight is 280 g/mol. The Morgan fingerprint density at radius 1 is 1.58 bits per heavy atom. The number of hydrogen-bond donors (Lipinski definition) is 2. The van der Waals surface area contributed by atoms with Crippen LogP contribution in [0.25, 0.3) is 0 Å². The fourth-order valence-corrected chi connectivity index (χ4v) is 3.49. The van der Waals surface area contributed by atoms with E-state index in [0.29, 0.717) is 6.54 Å². The predicted octanol–water partition coefficient (Wildman–Crippen LogP) is 2.53. The molecule has 1 aromatic heterocycles. The topological polar surface area (TPSA) is 41.1 Å². The number of carbonyl (C=O) groups is 1. The van der Waals surface area contributed by atoms with Crippen LogP contribution in [-0.2, 0) is 10.2 Å². The van der Waals surface area contributed by atoms with Crippen LogP contribution in [-0.4, -0.2) is 25.5 Å². The third-order valence-corrected chi connectivity index (χ3v) is 5.52. The van der Waals surface area contributed by atoms with Crippen molar-refractivity contribution < 1.29 is 4.79 Å². The molecule has 1 atom stereocenters. The number of thiophene rings is 1. The summed E-state index contributed by atoms with van der Waals surface area (Å²) >= 11 is 1.75. The Morgan fingerprint density at radius 2 is 2.37 bits per heavy atom. The Morgan fingerprint density at radius 3 is 2.89 bits per heavy atom. The van der Waals surface area contributed by atoms with Crippen molar-refractivity contribution >= 4 is 17.2 Å². The SMILES string of the molecule is CCC1(C(=O)NCC(C)(C)c2cccs2)CCNC1. The van der Waals surface area contributed by atoms with Crippen LogP contribution >= 0.6 is 11.3 Å². The zero-order chi connectivity index (χ0) is 13.9. The van der Waals surface area contributed by atoms with Crippen molar-refractivity contribution in [3.05, 3.63) is 22.4 Å². The first-order valence-electron chi connectivity index (χ1n) is 7.03. The molecule has 2 rings (SSSR count). The van der Waals surface area contributed by atoms with Gasteiger partial charge in [0.25, 0.3) is 0 Å². The van der Waals surface area contributed by atoms with E-state index in [1.54, 1.807) is 11.3 Å². The predicted molar refractivity (Wildman–Crippen MR) is 80.6 cm³/mol. The van der Waals surface area contributed by atoms with Gasteiger partial charge in [0.05, 0.1) is 5.41 Å². The zero-order valence-corrected chi connectivity index (χ0v) is 12.9. The molecule has 1 saturated heterocycles. The quantitative estimate of drug-likeness (QED) is 0.870. The van der Waals surface area contributed by atoms with Crippen LogP contribution in [0.4, 0.5) is 0 Å². The minimum atomic E-state index is -0.189. The highest BCUT2D eigenvalue weighted by Gasteiger charge is 2.39. The summed E-state index contributed by atoms with van der Waals surface area (Å²) in [6, 6.07) is 4.21. The van der Waals surface area contributed by atoms with Gasteiger partial charge in [0, 0.05) is 23.4 Å². The fraction of sp³-hybridized carbons (Fsp3) is 0.667. The first kappa shape index (κ1) is 14.5. The van der Waals surface area contributed by atoms with Crippen molar-refractivity contribution in [2.24, 2.45) is 5.41 Å². The summed E-state index contributed by atoms with van der Waals surface area (Å²) in [6.45, 7) is 8.95. The lowest BCUT2D eigenvalue weighted by Gasteiger charge is -2.29. The van der Waals surface area contributed by atoms with E-state index in [-0.39, 0.29) is 16.7 Å². The molecule has 1 amide bonds.